The largest absolute Gasteiger partial charge is 0.330 e. The minimum absolute atomic E-state index is 0.304. The summed E-state index contributed by atoms with van der Waals surface area (Å²) in [6.07, 6.45) is 5.09. The van der Waals surface area contributed by atoms with Crippen molar-refractivity contribution < 1.29 is 4.79 Å². The van der Waals surface area contributed by atoms with E-state index in [2.05, 4.69) is 0 Å². The van der Waals surface area contributed by atoms with Crippen LogP contribution < -0.4 is 5.73 Å². The highest BCUT2D eigenvalue weighted by Gasteiger charge is 2.20. The Kier molecular flexibility index (Phi) is 2.87. The van der Waals surface area contributed by atoms with E-state index >= 15 is 0 Å². The maximum atomic E-state index is 11.1. The molecule has 0 bridgehead atoms. The fraction of sp³-hybridized carbons (Fsp3) is 0.875. The quantitative estimate of drug-likeness (QED) is 0.625. The number of rotatable bonds is 2. The van der Waals surface area contributed by atoms with Crippen molar-refractivity contribution in [2.45, 2.75) is 32.1 Å². The summed E-state index contributed by atoms with van der Waals surface area (Å²) in [4.78, 5) is 11.1. The van der Waals surface area contributed by atoms with Gasteiger partial charge < -0.3 is 5.73 Å². The fourth-order valence-corrected chi connectivity index (χ4v) is 1.56. The van der Waals surface area contributed by atoms with Gasteiger partial charge in [0.2, 0.25) is 0 Å². The highest BCUT2D eigenvalue weighted by molar-refractivity contribution is 5.81. The number of hydrogen-bond acceptors (Lipinski definition) is 2. The zero-order chi connectivity index (χ0) is 7.40. The molecule has 0 amide bonds. The number of nitrogens with two attached hydrogens (primary N) is 1. The number of hydrogen-bond donors (Lipinski definition) is 1. The highest BCUT2D eigenvalue weighted by atomic mass is 16.1. The van der Waals surface area contributed by atoms with E-state index in [4.69, 9.17) is 5.73 Å². The number of ketones is 1. The Bertz CT molecular complexity index is 120. The Morgan fingerprint density at radius 3 is 2.90 bits per heavy atom. The van der Waals surface area contributed by atoms with Crippen LogP contribution in [0.25, 0.3) is 0 Å². The Morgan fingerprint density at radius 1 is 1.50 bits per heavy atom. The van der Waals surface area contributed by atoms with E-state index in [1.165, 1.54) is 6.42 Å². The van der Waals surface area contributed by atoms with Gasteiger partial charge in [0.1, 0.15) is 5.78 Å². The van der Waals surface area contributed by atoms with Crippen LogP contribution in [0.4, 0.5) is 0 Å². The SMILES string of the molecule is NCCC1CCCCC1=O. The first-order valence-corrected chi connectivity index (χ1v) is 4.07. The third-order valence-corrected chi connectivity index (χ3v) is 2.20. The molecule has 0 radical (unpaired) electrons. The highest BCUT2D eigenvalue weighted by Crippen LogP contribution is 2.22. The van der Waals surface area contributed by atoms with Crippen LogP contribution in [0.3, 0.4) is 0 Å². The molecular formula is C8H15NO. The Morgan fingerprint density at radius 2 is 2.30 bits per heavy atom. The van der Waals surface area contributed by atoms with Crippen LogP contribution in [0.5, 0.6) is 0 Å². The van der Waals surface area contributed by atoms with Crippen LogP contribution in [0, 0.1) is 5.92 Å². The second-order valence-electron chi connectivity index (χ2n) is 2.99. The standard InChI is InChI=1S/C8H15NO/c9-6-5-7-3-1-2-4-8(7)10/h7H,1-6,9H2. The minimum Gasteiger partial charge on any atom is -0.330 e. The molecular weight excluding hydrogens is 126 g/mol. The van der Waals surface area contributed by atoms with Gasteiger partial charge in [-0.2, -0.15) is 0 Å². The van der Waals surface area contributed by atoms with Gasteiger partial charge in [-0.25, -0.2) is 0 Å². The molecule has 1 atom stereocenters. The van der Waals surface area contributed by atoms with Crippen LogP contribution in [-0.4, -0.2) is 12.3 Å². The molecule has 0 heterocycles. The molecule has 2 N–H and O–H groups in total. The summed E-state index contributed by atoms with van der Waals surface area (Å²) in [7, 11) is 0. The normalized spacial score (nSPS) is 26.9. The average molecular weight is 141 g/mol. The smallest absolute Gasteiger partial charge is 0.136 e. The molecule has 2 heteroatoms. The van der Waals surface area contributed by atoms with E-state index in [1.807, 2.05) is 0 Å². The first-order valence-electron chi connectivity index (χ1n) is 4.07. The molecule has 1 saturated carbocycles. The van der Waals surface area contributed by atoms with Gasteiger partial charge >= 0.3 is 0 Å². The molecule has 0 aromatic heterocycles. The van der Waals surface area contributed by atoms with E-state index in [1.54, 1.807) is 0 Å². The summed E-state index contributed by atoms with van der Waals surface area (Å²) in [5.41, 5.74) is 5.37. The third kappa shape index (κ3) is 1.81. The molecule has 1 aliphatic rings. The van der Waals surface area contributed by atoms with Gasteiger partial charge in [0, 0.05) is 12.3 Å². The topological polar surface area (TPSA) is 43.1 Å². The van der Waals surface area contributed by atoms with Crippen molar-refractivity contribution in [2.75, 3.05) is 6.54 Å². The molecule has 1 aliphatic carbocycles. The molecule has 1 unspecified atom stereocenters. The van der Waals surface area contributed by atoms with Gasteiger partial charge in [-0.3, -0.25) is 4.79 Å². The second kappa shape index (κ2) is 3.71. The van der Waals surface area contributed by atoms with Crippen LogP contribution in [0.1, 0.15) is 32.1 Å². The van der Waals surface area contributed by atoms with Crippen LogP contribution >= 0.6 is 0 Å². The molecule has 0 spiro atoms. The summed E-state index contributed by atoms with van der Waals surface area (Å²) in [5, 5.41) is 0. The van der Waals surface area contributed by atoms with Crippen LogP contribution in [-0.2, 0) is 4.79 Å². The van der Waals surface area contributed by atoms with E-state index in [-0.39, 0.29) is 0 Å². The number of carbonyl (C=O) groups is 1. The predicted molar refractivity (Wildman–Crippen MR) is 40.6 cm³/mol. The predicted octanol–water partition coefficient (Wildman–Crippen LogP) is 1.09. The second-order valence-corrected chi connectivity index (χ2v) is 2.99. The lowest BCUT2D eigenvalue weighted by atomic mass is 9.86. The maximum absolute atomic E-state index is 11.1. The molecule has 2 nitrogen and oxygen atoms in total. The summed E-state index contributed by atoms with van der Waals surface area (Å²) >= 11 is 0. The van der Waals surface area contributed by atoms with E-state index in [0.717, 1.165) is 25.7 Å². The van der Waals surface area contributed by atoms with E-state index in [0.29, 0.717) is 18.2 Å². The minimum atomic E-state index is 0.304. The average Bonchev–Trinajstić information content (AvgIpc) is 1.94. The van der Waals surface area contributed by atoms with Gasteiger partial charge in [-0.05, 0) is 25.8 Å². The third-order valence-electron chi connectivity index (χ3n) is 2.20. The van der Waals surface area contributed by atoms with Gasteiger partial charge in [-0.15, -0.1) is 0 Å². The van der Waals surface area contributed by atoms with E-state index in [9.17, 15) is 4.79 Å². The number of Topliss-reactive ketones (excluding diaryl/α,β-unsaturated/α-hetero) is 1. The van der Waals surface area contributed by atoms with Crippen LogP contribution in [0.2, 0.25) is 0 Å². The van der Waals surface area contributed by atoms with Crippen molar-refractivity contribution in [1.82, 2.24) is 0 Å². The lowest BCUT2D eigenvalue weighted by Crippen LogP contribution is -2.21. The molecule has 1 rings (SSSR count). The van der Waals surface area contributed by atoms with Gasteiger partial charge in [0.05, 0.1) is 0 Å². The van der Waals surface area contributed by atoms with Crippen molar-refractivity contribution in [3.8, 4) is 0 Å². The Hall–Kier alpha value is -0.370. The molecule has 58 valence electrons. The van der Waals surface area contributed by atoms with Crippen molar-refractivity contribution >= 4 is 5.78 Å². The van der Waals surface area contributed by atoms with Crippen molar-refractivity contribution in [2.24, 2.45) is 11.7 Å². The monoisotopic (exact) mass is 141 g/mol. The van der Waals surface area contributed by atoms with E-state index < -0.39 is 0 Å². The first-order chi connectivity index (χ1) is 4.84. The zero-order valence-electron chi connectivity index (χ0n) is 6.31. The molecule has 10 heavy (non-hydrogen) atoms. The summed E-state index contributed by atoms with van der Waals surface area (Å²) in [6.45, 7) is 0.663. The van der Waals surface area contributed by atoms with Gasteiger partial charge in [-0.1, -0.05) is 6.42 Å². The number of carbonyl (C=O) groups excluding carboxylic acids is 1. The van der Waals surface area contributed by atoms with Crippen molar-refractivity contribution in [3.05, 3.63) is 0 Å². The first kappa shape index (κ1) is 7.73. The Labute approximate surface area is 61.8 Å². The molecule has 0 aromatic rings. The lowest BCUT2D eigenvalue weighted by molar-refractivity contribution is -0.124. The zero-order valence-corrected chi connectivity index (χ0v) is 6.31. The summed E-state index contributed by atoms with van der Waals surface area (Å²) in [6, 6.07) is 0. The van der Waals surface area contributed by atoms with Crippen LogP contribution in [0.15, 0.2) is 0 Å². The molecule has 1 fully saturated rings. The summed E-state index contributed by atoms with van der Waals surface area (Å²) < 4.78 is 0. The van der Waals surface area contributed by atoms with Gasteiger partial charge in [0.25, 0.3) is 0 Å². The van der Waals surface area contributed by atoms with Crippen molar-refractivity contribution in [3.63, 3.8) is 0 Å². The Balaban J connectivity index is 2.32. The summed E-state index contributed by atoms with van der Waals surface area (Å²) in [5.74, 6) is 0.746. The lowest BCUT2D eigenvalue weighted by Gasteiger charge is -2.18. The fourth-order valence-electron chi connectivity index (χ4n) is 1.56. The van der Waals surface area contributed by atoms with Crippen molar-refractivity contribution in [1.29, 1.82) is 0 Å². The molecule has 0 aliphatic heterocycles. The maximum Gasteiger partial charge on any atom is 0.136 e. The molecule has 0 aromatic carbocycles. The van der Waals surface area contributed by atoms with Gasteiger partial charge in [0.15, 0.2) is 0 Å². The molecule has 0 saturated heterocycles.